The lowest BCUT2D eigenvalue weighted by molar-refractivity contribution is 0.263. The van der Waals surface area contributed by atoms with Crippen molar-refractivity contribution in [2.45, 2.75) is 25.8 Å². The van der Waals surface area contributed by atoms with E-state index in [0.717, 1.165) is 35.5 Å². The molecule has 0 unspecified atom stereocenters. The third-order valence-electron chi connectivity index (χ3n) is 5.87. The average Bonchev–Trinajstić information content (AvgIpc) is 3.17. The molecule has 1 fully saturated rings. The van der Waals surface area contributed by atoms with Crippen molar-refractivity contribution >= 4 is 27.5 Å². The number of likely N-dealkylation sites (tertiary alicyclic amines) is 1. The summed E-state index contributed by atoms with van der Waals surface area (Å²) in [5.41, 5.74) is 4.53. The van der Waals surface area contributed by atoms with Gasteiger partial charge in [-0.3, -0.25) is 5.10 Å². The van der Waals surface area contributed by atoms with Gasteiger partial charge in [0.25, 0.3) is 0 Å². The van der Waals surface area contributed by atoms with Gasteiger partial charge in [0.15, 0.2) is 0 Å². The summed E-state index contributed by atoms with van der Waals surface area (Å²) >= 11 is 0. The molecule has 3 heterocycles. The minimum Gasteiger partial charge on any atom is -0.367 e. The fourth-order valence-corrected chi connectivity index (χ4v) is 4.15. The first kappa shape index (κ1) is 17.2. The Hall–Kier alpha value is -2.92. The maximum atomic E-state index is 4.85. The van der Waals surface area contributed by atoms with Crippen LogP contribution in [0.4, 0.5) is 5.82 Å². The quantitative estimate of drug-likeness (QED) is 0.553. The van der Waals surface area contributed by atoms with E-state index in [-0.39, 0.29) is 0 Å². The second-order valence-corrected chi connectivity index (χ2v) is 7.92. The Balaban J connectivity index is 1.46. The molecule has 0 radical (unpaired) electrons. The van der Waals surface area contributed by atoms with E-state index in [1.807, 2.05) is 6.20 Å². The molecule has 0 atom stereocenters. The van der Waals surface area contributed by atoms with E-state index in [1.54, 1.807) is 0 Å². The number of aryl methyl sites for hydroxylation is 1. The highest BCUT2D eigenvalue weighted by molar-refractivity contribution is 5.92. The second-order valence-electron chi connectivity index (χ2n) is 7.92. The normalized spacial score (nSPS) is 16.1. The molecule has 5 rings (SSSR count). The molecule has 0 bridgehead atoms. The lowest BCUT2D eigenvalue weighted by Gasteiger charge is -2.30. The molecular formula is C23H25N5. The van der Waals surface area contributed by atoms with Crippen molar-refractivity contribution < 1.29 is 0 Å². The van der Waals surface area contributed by atoms with Crippen LogP contribution in [0.25, 0.3) is 32.8 Å². The van der Waals surface area contributed by atoms with Crippen molar-refractivity contribution in [2.24, 2.45) is 0 Å². The smallest absolute Gasteiger partial charge is 0.127 e. The van der Waals surface area contributed by atoms with E-state index in [4.69, 9.17) is 4.98 Å². The van der Waals surface area contributed by atoms with Crippen LogP contribution in [0.2, 0.25) is 0 Å². The lowest BCUT2D eigenvalue weighted by Crippen LogP contribution is -2.36. The molecule has 1 aliphatic heterocycles. The highest BCUT2D eigenvalue weighted by atomic mass is 15.1. The Morgan fingerprint density at radius 1 is 1.00 bits per heavy atom. The molecule has 0 saturated carbocycles. The minimum absolute atomic E-state index is 0.515. The van der Waals surface area contributed by atoms with Crippen molar-refractivity contribution in [3.63, 3.8) is 0 Å². The summed E-state index contributed by atoms with van der Waals surface area (Å²) in [5, 5.41) is 14.3. The van der Waals surface area contributed by atoms with Crippen LogP contribution in [0.3, 0.4) is 0 Å². The first-order chi connectivity index (χ1) is 13.7. The monoisotopic (exact) mass is 371 g/mol. The summed E-state index contributed by atoms with van der Waals surface area (Å²) < 4.78 is 0. The Morgan fingerprint density at radius 2 is 1.79 bits per heavy atom. The van der Waals surface area contributed by atoms with Crippen LogP contribution in [-0.4, -0.2) is 46.3 Å². The lowest BCUT2D eigenvalue weighted by atomic mass is 9.99. The molecule has 0 spiro atoms. The number of nitrogens with one attached hydrogen (secondary N) is 2. The number of H-pyrrole nitrogens is 1. The number of fused-ring (bicyclic) bond motifs is 2. The van der Waals surface area contributed by atoms with Gasteiger partial charge in [-0.25, -0.2) is 4.98 Å². The van der Waals surface area contributed by atoms with Crippen molar-refractivity contribution in [3.8, 4) is 11.1 Å². The molecule has 1 saturated heterocycles. The van der Waals surface area contributed by atoms with Gasteiger partial charge in [-0.2, -0.15) is 5.10 Å². The van der Waals surface area contributed by atoms with Crippen molar-refractivity contribution in [2.75, 3.05) is 25.5 Å². The number of aromatic nitrogens is 3. The Morgan fingerprint density at radius 3 is 2.64 bits per heavy atom. The van der Waals surface area contributed by atoms with Crippen molar-refractivity contribution in [1.29, 1.82) is 0 Å². The molecule has 142 valence electrons. The number of benzene rings is 2. The summed E-state index contributed by atoms with van der Waals surface area (Å²) in [6.45, 7) is 4.40. The topological polar surface area (TPSA) is 56.8 Å². The number of aromatic amines is 1. The predicted molar refractivity (Wildman–Crippen MR) is 116 cm³/mol. The maximum absolute atomic E-state index is 4.85. The van der Waals surface area contributed by atoms with Gasteiger partial charge >= 0.3 is 0 Å². The van der Waals surface area contributed by atoms with Gasteiger partial charge in [-0.15, -0.1) is 0 Å². The van der Waals surface area contributed by atoms with Gasteiger partial charge in [0, 0.05) is 22.5 Å². The molecule has 2 N–H and O–H groups in total. The third-order valence-corrected chi connectivity index (χ3v) is 5.87. The fourth-order valence-electron chi connectivity index (χ4n) is 4.15. The zero-order chi connectivity index (χ0) is 19.1. The standard InChI is InChI=1S/C23H25N5/c1-15-21-12-17(16-5-6-22-19(11-16)14-24-27-22)3-4-18(21)13-23(25-15)26-20-7-9-28(2)10-8-20/h3-6,11-14,20H,7-10H2,1-2H3,(H,24,27)(H,25,26). The average molecular weight is 371 g/mol. The highest BCUT2D eigenvalue weighted by Gasteiger charge is 2.17. The van der Waals surface area contributed by atoms with Gasteiger partial charge in [0.05, 0.1) is 11.7 Å². The number of nitrogens with zero attached hydrogens (tertiary/aromatic N) is 3. The molecule has 1 aliphatic rings. The van der Waals surface area contributed by atoms with Crippen molar-refractivity contribution in [1.82, 2.24) is 20.1 Å². The summed E-state index contributed by atoms with van der Waals surface area (Å²) in [6, 6.07) is 15.8. The summed E-state index contributed by atoms with van der Waals surface area (Å²) in [6.07, 6.45) is 4.21. The van der Waals surface area contributed by atoms with E-state index >= 15 is 0 Å². The highest BCUT2D eigenvalue weighted by Crippen LogP contribution is 2.29. The first-order valence-corrected chi connectivity index (χ1v) is 9.96. The Bertz CT molecular complexity index is 1140. The van der Waals surface area contributed by atoms with Gasteiger partial charge in [0.1, 0.15) is 5.82 Å². The molecule has 2 aromatic heterocycles. The van der Waals surface area contributed by atoms with E-state index in [9.17, 15) is 0 Å². The van der Waals surface area contributed by atoms with Crippen LogP contribution >= 0.6 is 0 Å². The van der Waals surface area contributed by atoms with Crippen molar-refractivity contribution in [3.05, 3.63) is 54.4 Å². The second kappa shape index (κ2) is 6.91. The fraction of sp³-hybridized carbons (Fsp3) is 0.304. The third kappa shape index (κ3) is 3.22. The number of rotatable bonds is 3. The van der Waals surface area contributed by atoms with E-state index in [0.29, 0.717) is 6.04 Å². The van der Waals surface area contributed by atoms with Gasteiger partial charge in [-0.05, 0) is 80.7 Å². The number of hydrogen-bond acceptors (Lipinski definition) is 4. The van der Waals surface area contributed by atoms with Gasteiger partial charge < -0.3 is 10.2 Å². The van der Waals surface area contributed by atoms with Crippen LogP contribution < -0.4 is 5.32 Å². The van der Waals surface area contributed by atoms with Gasteiger partial charge in [-0.1, -0.05) is 18.2 Å². The molecule has 0 aliphatic carbocycles. The predicted octanol–water partition coefficient (Wildman–Crippen LogP) is 4.59. The molecule has 0 amide bonds. The summed E-state index contributed by atoms with van der Waals surface area (Å²) in [7, 11) is 2.19. The molecule has 5 nitrogen and oxygen atoms in total. The summed E-state index contributed by atoms with van der Waals surface area (Å²) in [4.78, 5) is 7.24. The van der Waals surface area contributed by atoms with E-state index in [1.165, 1.54) is 34.7 Å². The molecule has 4 aromatic rings. The van der Waals surface area contributed by atoms with Crippen LogP contribution in [0, 0.1) is 6.92 Å². The SMILES string of the molecule is Cc1nc(NC2CCN(C)CC2)cc2ccc(-c3ccc4[nH]ncc4c3)cc12. The van der Waals surface area contributed by atoms with E-state index in [2.05, 4.69) is 76.9 Å². The number of anilines is 1. The Kier molecular flexibility index (Phi) is 4.24. The molecular weight excluding hydrogens is 346 g/mol. The van der Waals surface area contributed by atoms with Gasteiger partial charge in [0.2, 0.25) is 0 Å². The zero-order valence-electron chi connectivity index (χ0n) is 16.4. The van der Waals surface area contributed by atoms with Crippen LogP contribution in [-0.2, 0) is 0 Å². The molecule has 5 heteroatoms. The maximum Gasteiger partial charge on any atom is 0.127 e. The minimum atomic E-state index is 0.515. The van der Waals surface area contributed by atoms with Crippen LogP contribution in [0.1, 0.15) is 18.5 Å². The zero-order valence-corrected chi connectivity index (χ0v) is 16.4. The molecule has 2 aromatic carbocycles. The largest absolute Gasteiger partial charge is 0.367 e. The number of piperidine rings is 1. The number of hydrogen-bond donors (Lipinski definition) is 2. The molecule has 28 heavy (non-hydrogen) atoms. The first-order valence-electron chi connectivity index (χ1n) is 9.96. The Labute approximate surface area is 164 Å². The summed E-state index contributed by atoms with van der Waals surface area (Å²) in [5.74, 6) is 0.993. The van der Waals surface area contributed by atoms with Crippen LogP contribution in [0.5, 0.6) is 0 Å². The van der Waals surface area contributed by atoms with E-state index < -0.39 is 0 Å². The number of pyridine rings is 1. The van der Waals surface area contributed by atoms with Crippen LogP contribution in [0.15, 0.2) is 48.7 Å².